The molecule has 3 aliphatic rings. The summed E-state index contributed by atoms with van der Waals surface area (Å²) in [6.45, 7) is 0.731. The highest BCUT2D eigenvalue weighted by Crippen LogP contribution is 2.43. The number of aromatic nitrogens is 1. The van der Waals surface area contributed by atoms with Gasteiger partial charge in [0, 0.05) is 44.1 Å². The third-order valence-corrected chi connectivity index (χ3v) is 8.18. The summed E-state index contributed by atoms with van der Waals surface area (Å²) in [6.07, 6.45) is 6.77. The van der Waals surface area contributed by atoms with Crippen LogP contribution >= 0.6 is 0 Å². The monoisotopic (exact) mass is 465 g/mol. The van der Waals surface area contributed by atoms with Crippen molar-refractivity contribution in [2.24, 2.45) is 11.1 Å². The van der Waals surface area contributed by atoms with Crippen LogP contribution in [0.5, 0.6) is 0 Å². The van der Waals surface area contributed by atoms with Gasteiger partial charge in [-0.1, -0.05) is 17.3 Å². The number of sulfonamides is 1. The molecule has 1 aromatic carbocycles. The maximum atomic E-state index is 13.0. The molecule has 3 fully saturated rings. The Bertz CT molecular complexity index is 1170. The second-order valence-electron chi connectivity index (χ2n) is 8.96. The first-order chi connectivity index (χ1) is 16.0. The molecule has 2 saturated carbocycles. The van der Waals surface area contributed by atoms with E-state index in [0.717, 1.165) is 37.0 Å². The van der Waals surface area contributed by atoms with Crippen molar-refractivity contribution in [2.75, 3.05) is 18.4 Å². The summed E-state index contributed by atoms with van der Waals surface area (Å²) in [6, 6.07) is 13.5. The molecule has 0 radical (unpaired) electrons. The molecule has 8 nitrogen and oxygen atoms in total. The molecular weight excluding hydrogens is 438 g/mol. The van der Waals surface area contributed by atoms with Crippen molar-refractivity contribution >= 4 is 21.6 Å². The Hall–Kier alpha value is -2.96. The molecule has 1 N–H and O–H groups in total. The van der Waals surface area contributed by atoms with Crippen LogP contribution in [0.3, 0.4) is 0 Å². The van der Waals surface area contributed by atoms with Gasteiger partial charge in [-0.2, -0.15) is 9.57 Å². The molecule has 1 atom stereocenters. The number of hydrogen-bond donors (Lipinski definition) is 1. The maximum absolute atomic E-state index is 13.0. The van der Waals surface area contributed by atoms with E-state index in [1.54, 1.807) is 18.2 Å². The number of nitrogens with one attached hydrogen (secondary N) is 1. The molecule has 0 amide bonds. The molecule has 1 saturated heterocycles. The second-order valence-corrected chi connectivity index (χ2v) is 10.9. The Balaban J connectivity index is 1.20. The molecule has 9 heteroatoms. The summed E-state index contributed by atoms with van der Waals surface area (Å²) in [5, 5.41) is 16.8. The summed E-state index contributed by atoms with van der Waals surface area (Å²) < 4.78 is 27.5. The second kappa shape index (κ2) is 9.12. The van der Waals surface area contributed by atoms with Crippen LogP contribution in [0, 0.1) is 17.2 Å². The molecule has 2 heterocycles. The van der Waals surface area contributed by atoms with Gasteiger partial charge in [-0.05, 0) is 55.5 Å². The van der Waals surface area contributed by atoms with Gasteiger partial charge in [-0.3, -0.25) is 0 Å². The van der Waals surface area contributed by atoms with E-state index >= 15 is 0 Å². The fourth-order valence-corrected chi connectivity index (χ4v) is 5.40. The Labute approximate surface area is 194 Å². The van der Waals surface area contributed by atoms with Crippen molar-refractivity contribution < 1.29 is 13.3 Å². The molecule has 0 spiro atoms. The number of anilines is 1. The highest BCUT2D eigenvalue weighted by molar-refractivity contribution is 7.89. The standard InChI is InChI=1S/C24H27N5O3S/c25-15-17-2-1-3-19(14-17)24(18-4-5-18)32-28-21-10-12-29(13-11-21)33(30,31)22-8-9-23(26-16-22)27-20-6-7-20/h1-3,8-9,14,16,18,20,24H,4-7,10-13H2,(H,26,27). The Morgan fingerprint density at radius 3 is 2.58 bits per heavy atom. The molecule has 1 aromatic heterocycles. The first-order valence-corrected chi connectivity index (χ1v) is 12.9. The quantitative estimate of drug-likeness (QED) is 0.594. The number of nitriles is 1. The van der Waals surface area contributed by atoms with E-state index in [9.17, 15) is 13.7 Å². The van der Waals surface area contributed by atoms with Crippen LogP contribution in [-0.4, -0.2) is 42.6 Å². The van der Waals surface area contributed by atoms with Gasteiger partial charge < -0.3 is 10.2 Å². The molecule has 33 heavy (non-hydrogen) atoms. The summed E-state index contributed by atoms with van der Waals surface area (Å²) in [5.41, 5.74) is 2.44. The Morgan fingerprint density at radius 1 is 1.15 bits per heavy atom. The van der Waals surface area contributed by atoms with E-state index in [4.69, 9.17) is 4.84 Å². The van der Waals surface area contributed by atoms with E-state index in [0.29, 0.717) is 49.3 Å². The lowest BCUT2D eigenvalue weighted by Crippen LogP contribution is -2.38. The molecular formula is C24H27N5O3S. The van der Waals surface area contributed by atoms with E-state index in [1.165, 1.54) is 10.5 Å². The van der Waals surface area contributed by atoms with Crippen molar-refractivity contribution in [2.45, 2.75) is 55.6 Å². The van der Waals surface area contributed by atoms with E-state index < -0.39 is 10.0 Å². The lowest BCUT2D eigenvalue weighted by molar-refractivity contribution is 0.0409. The van der Waals surface area contributed by atoms with Gasteiger partial charge in [-0.25, -0.2) is 13.4 Å². The summed E-state index contributed by atoms with van der Waals surface area (Å²) in [5.74, 6) is 1.13. The first-order valence-electron chi connectivity index (χ1n) is 11.5. The van der Waals surface area contributed by atoms with Crippen LogP contribution in [0.4, 0.5) is 5.82 Å². The lowest BCUT2D eigenvalue weighted by atomic mass is 10.0. The minimum Gasteiger partial charge on any atom is -0.387 e. The van der Waals surface area contributed by atoms with Gasteiger partial charge in [0.2, 0.25) is 10.0 Å². The molecule has 1 aliphatic heterocycles. The van der Waals surface area contributed by atoms with Crippen LogP contribution in [0.2, 0.25) is 0 Å². The fourth-order valence-electron chi connectivity index (χ4n) is 4.01. The number of oxime groups is 1. The minimum atomic E-state index is -3.58. The molecule has 172 valence electrons. The lowest BCUT2D eigenvalue weighted by Gasteiger charge is -2.27. The van der Waals surface area contributed by atoms with Gasteiger partial charge in [0.15, 0.2) is 6.10 Å². The predicted molar refractivity (Wildman–Crippen MR) is 124 cm³/mol. The molecule has 2 aliphatic carbocycles. The average molecular weight is 466 g/mol. The Morgan fingerprint density at radius 2 is 1.94 bits per heavy atom. The maximum Gasteiger partial charge on any atom is 0.244 e. The van der Waals surface area contributed by atoms with Crippen molar-refractivity contribution in [3.8, 4) is 6.07 Å². The fraction of sp³-hybridized carbons (Fsp3) is 0.458. The zero-order chi connectivity index (χ0) is 22.8. The minimum absolute atomic E-state index is 0.165. The van der Waals surface area contributed by atoms with Gasteiger partial charge in [0.05, 0.1) is 17.3 Å². The summed E-state index contributed by atoms with van der Waals surface area (Å²) in [4.78, 5) is 10.4. The molecule has 2 aromatic rings. The van der Waals surface area contributed by atoms with E-state index in [-0.39, 0.29) is 11.0 Å². The third-order valence-electron chi connectivity index (χ3n) is 6.29. The zero-order valence-electron chi connectivity index (χ0n) is 18.4. The molecule has 1 unspecified atom stereocenters. The smallest absolute Gasteiger partial charge is 0.244 e. The van der Waals surface area contributed by atoms with E-state index in [1.807, 2.05) is 18.2 Å². The van der Waals surface area contributed by atoms with Crippen molar-refractivity contribution in [3.63, 3.8) is 0 Å². The van der Waals surface area contributed by atoms with Crippen LogP contribution in [0.1, 0.15) is 55.8 Å². The third kappa shape index (κ3) is 5.18. The highest BCUT2D eigenvalue weighted by atomic mass is 32.2. The van der Waals surface area contributed by atoms with Gasteiger partial charge in [0.25, 0.3) is 0 Å². The van der Waals surface area contributed by atoms with Crippen molar-refractivity contribution in [3.05, 3.63) is 53.7 Å². The Kier molecular flexibility index (Phi) is 6.04. The van der Waals surface area contributed by atoms with E-state index in [2.05, 4.69) is 21.5 Å². The molecule has 0 bridgehead atoms. The van der Waals surface area contributed by atoms with Crippen LogP contribution in [-0.2, 0) is 14.9 Å². The number of hydrogen-bond acceptors (Lipinski definition) is 7. The van der Waals surface area contributed by atoms with Gasteiger partial charge in [0.1, 0.15) is 10.7 Å². The number of nitrogens with zero attached hydrogens (tertiary/aromatic N) is 4. The first kappa shape index (κ1) is 21.9. The number of piperidine rings is 1. The van der Waals surface area contributed by atoms with Gasteiger partial charge >= 0.3 is 0 Å². The predicted octanol–water partition coefficient (Wildman–Crippen LogP) is 3.84. The highest BCUT2D eigenvalue weighted by Gasteiger charge is 2.35. The number of benzene rings is 1. The number of pyridine rings is 1. The summed E-state index contributed by atoms with van der Waals surface area (Å²) in [7, 11) is -3.58. The number of rotatable bonds is 8. The SMILES string of the molecule is N#Cc1cccc(C(ON=C2CCN(S(=O)(=O)c3ccc(NC4CC4)nc3)CC2)C2CC2)c1. The largest absolute Gasteiger partial charge is 0.387 e. The van der Waals surface area contributed by atoms with Crippen molar-refractivity contribution in [1.29, 1.82) is 5.26 Å². The van der Waals surface area contributed by atoms with Gasteiger partial charge in [-0.15, -0.1) is 0 Å². The summed E-state index contributed by atoms with van der Waals surface area (Å²) >= 11 is 0. The van der Waals surface area contributed by atoms with Crippen LogP contribution in [0.15, 0.2) is 52.6 Å². The molecule has 5 rings (SSSR count). The average Bonchev–Trinajstić information content (AvgIpc) is 3.76. The van der Waals surface area contributed by atoms with Crippen LogP contribution in [0.25, 0.3) is 0 Å². The topological polar surface area (TPSA) is 108 Å². The zero-order valence-corrected chi connectivity index (χ0v) is 19.2. The normalized spacial score (nSPS) is 20.0. The van der Waals surface area contributed by atoms with Crippen molar-refractivity contribution in [1.82, 2.24) is 9.29 Å². The van der Waals surface area contributed by atoms with Crippen LogP contribution < -0.4 is 5.32 Å².